The maximum absolute atomic E-state index is 12.8. The van der Waals surface area contributed by atoms with Crippen molar-refractivity contribution in [1.82, 2.24) is 24.5 Å². The first-order chi connectivity index (χ1) is 12.8. The van der Waals surface area contributed by atoms with Crippen LogP contribution in [0.5, 0.6) is 0 Å². The summed E-state index contributed by atoms with van der Waals surface area (Å²) in [5, 5.41) is 3.04. The summed E-state index contributed by atoms with van der Waals surface area (Å²) in [4.78, 5) is 33.6. The Morgan fingerprint density at radius 1 is 1.26 bits per heavy atom. The van der Waals surface area contributed by atoms with Gasteiger partial charge >= 0.3 is 6.03 Å². The van der Waals surface area contributed by atoms with Gasteiger partial charge in [-0.05, 0) is 37.8 Å². The number of hydrogen-bond donors (Lipinski definition) is 1. The van der Waals surface area contributed by atoms with Crippen molar-refractivity contribution in [3.05, 3.63) is 35.9 Å². The summed E-state index contributed by atoms with van der Waals surface area (Å²) in [6.45, 7) is 6.85. The molecule has 0 aromatic carbocycles. The molecule has 2 aromatic rings. The van der Waals surface area contributed by atoms with Gasteiger partial charge in [0.2, 0.25) is 0 Å². The van der Waals surface area contributed by atoms with Crippen molar-refractivity contribution < 1.29 is 9.59 Å². The second-order valence-corrected chi connectivity index (χ2v) is 7.81. The van der Waals surface area contributed by atoms with Gasteiger partial charge in [-0.1, -0.05) is 19.9 Å². The first-order valence-electron chi connectivity index (χ1n) is 9.57. The third kappa shape index (κ3) is 3.63. The van der Waals surface area contributed by atoms with Crippen LogP contribution in [0.2, 0.25) is 0 Å². The molecule has 27 heavy (non-hydrogen) atoms. The van der Waals surface area contributed by atoms with Crippen LogP contribution in [0.15, 0.2) is 24.4 Å². The number of pyridine rings is 1. The molecule has 3 rings (SSSR count). The van der Waals surface area contributed by atoms with Gasteiger partial charge in [-0.25, -0.2) is 9.78 Å². The molecular formula is C20H29N5O2. The van der Waals surface area contributed by atoms with Crippen molar-refractivity contribution in [1.29, 1.82) is 0 Å². The summed E-state index contributed by atoms with van der Waals surface area (Å²) in [6, 6.07) is 5.63. The number of carbonyl (C=O) groups excluding carboxylic acids is 2. The standard InChI is InChI=1S/C20H29N5O2/c1-13(2)14(3)21-19(26)17-15-9-6-7-11-24(15)18(22-17)16-10-8-12-25(16)20(27)23(4)5/h6-7,9,11,13-14,16H,8,10,12H2,1-5H3,(H,21,26)/t14-,16+/m1/s1. The number of nitrogens with one attached hydrogen (secondary N) is 1. The monoisotopic (exact) mass is 371 g/mol. The van der Waals surface area contributed by atoms with Crippen molar-refractivity contribution in [2.45, 2.75) is 45.7 Å². The number of carbonyl (C=O) groups is 2. The smallest absolute Gasteiger partial charge is 0.320 e. The zero-order valence-electron chi connectivity index (χ0n) is 16.8. The lowest BCUT2D eigenvalue weighted by Crippen LogP contribution is -2.39. The Kier molecular flexibility index (Phi) is 5.39. The molecule has 7 heteroatoms. The van der Waals surface area contributed by atoms with Crippen molar-refractivity contribution in [3.8, 4) is 0 Å². The molecule has 3 amide bonds. The van der Waals surface area contributed by atoms with Crippen LogP contribution in [-0.2, 0) is 0 Å². The molecule has 0 saturated carbocycles. The third-order valence-corrected chi connectivity index (χ3v) is 5.33. The van der Waals surface area contributed by atoms with E-state index in [0.717, 1.165) is 24.2 Å². The van der Waals surface area contributed by atoms with E-state index in [2.05, 4.69) is 19.2 Å². The van der Waals surface area contributed by atoms with Gasteiger partial charge in [-0.3, -0.25) is 4.79 Å². The predicted molar refractivity (Wildman–Crippen MR) is 105 cm³/mol. The molecule has 1 aliphatic heterocycles. The van der Waals surface area contributed by atoms with Crippen LogP contribution in [0, 0.1) is 5.92 Å². The Balaban J connectivity index is 2.00. The first kappa shape index (κ1) is 19.2. The van der Waals surface area contributed by atoms with Gasteiger partial charge in [0.25, 0.3) is 5.91 Å². The van der Waals surface area contributed by atoms with E-state index < -0.39 is 0 Å². The predicted octanol–water partition coefficient (Wildman–Crippen LogP) is 2.93. The molecule has 0 unspecified atom stereocenters. The minimum atomic E-state index is -0.172. The highest BCUT2D eigenvalue weighted by atomic mass is 16.2. The molecule has 0 spiro atoms. The fourth-order valence-corrected chi connectivity index (χ4v) is 3.43. The van der Waals surface area contributed by atoms with E-state index in [1.807, 2.05) is 40.6 Å². The highest BCUT2D eigenvalue weighted by molar-refractivity contribution is 5.99. The zero-order chi connectivity index (χ0) is 19.7. The Hall–Kier alpha value is -2.57. The number of amides is 3. The van der Waals surface area contributed by atoms with Crippen LogP contribution in [0.4, 0.5) is 4.79 Å². The van der Waals surface area contributed by atoms with Gasteiger partial charge < -0.3 is 19.5 Å². The van der Waals surface area contributed by atoms with E-state index in [1.165, 1.54) is 0 Å². The van der Waals surface area contributed by atoms with Gasteiger partial charge in [0, 0.05) is 32.9 Å². The van der Waals surface area contributed by atoms with Gasteiger partial charge in [0.05, 0.1) is 11.6 Å². The van der Waals surface area contributed by atoms with Crippen molar-refractivity contribution in [2.24, 2.45) is 5.92 Å². The topological polar surface area (TPSA) is 70.0 Å². The molecule has 1 aliphatic rings. The number of nitrogens with zero attached hydrogens (tertiary/aromatic N) is 4. The molecule has 2 atom stereocenters. The lowest BCUT2D eigenvalue weighted by atomic mass is 10.1. The molecule has 1 fully saturated rings. The largest absolute Gasteiger partial charge is 0.348 e. The summed E-state index contributed by atoms with van der Waals surface area (Å²) in [6.07, 6.45) is 3.69. The van der Waals surface area contributed by atoms with Crippen LogP contribution in [-0.4, -0.2) is 57.8 Å². The van der Waals surface area contributed by atoms with Gasteiger partial charge in [0.1, 0.15) is 5.82 Å². The van der Waals surface area contributed by atoms with Crippen molar-refractivity contribution in [3.63, 3.8) is 0 Å². The third-order valence-electron chi connectivity index (χ3n) is 5.33. The Labute approximate surface area is 160 Å². The molecular weight excluding hydrogens is 342 g/mol. The summed E-state index contributed by atoms with van der Waals surface area (Å²) in [5.41, 5.74) is 1.19. The number of urea groups is 1. The van der Waals surface area contributed by atoms with Crippen molar-refractivity contribution in [2.75, 3.05) is 20.6 Å². The van der Waals surface area contributed by atoms with Crippen LogP contribution in [0.3, 0.4) is 0 Å². The average Bonchev–Trinajstić information content (AvgIpc) is 3.25. The van der Waals surface area contributed by atoms with E-state index in [1.54, 1.807) is 19.0 Å². The van der Waals surface area contributed by atoms with Gasteiger partial charge in [-0.2, -0.15) is 0 Å². The first-order valence-corrected chi connectivity index (χ1v) is 9.57. The number of hydrogen-bond acceptors (Lipinski definition) is 3. The second kappa shape index (κ2) is 7.58. The lowest BCUT2D eigenvalue weighted by Gasteiger charge is -2.27. The van der Waals surface area contributed by atoms with E-state index in [9.17, 15) is 9.59 Å². The van der Waals surface area contributed by atoms with E-state index in [0.29, 0.717) is 18.2 Å². The lowest BCUT2D eigenvalue weighted by molar-refractivity contribution is 0.0927. The molecule has 0 aliphatic carbocycles. The van der Waals surface area contributed by atoms with Crippen LogP contribution < -0.4 is 5.32 Å². The summed E-state index contributed by atoms with van der Waals surface area (Å²) >= 11 is 0. The molecule has 0 radical (unpaired) electrons. The highest BCUT2D eigenvalue weighted by Gasteiger charge is 2.35. The fourth-order valence-electron chi connectivity index (χ4n) is 3.43. The molecule has 2 aromatic heterocycles. The number of aromatic nitrogens is 2. The molecule has 7 nitrogen and oxygen atoms in total. The van der Waals surface area contributed by atoms with Crippen LogP contribution in [0.25, 0.3) is 5.52 Å². The highest BCUT2D eigenvalue weighted by Crippen LogP contribution is 2.33. The molecule has 3 heterocycles. The van der Waals surface area contributed by atoms with Crippen LogP contribution >= 0.6 is 0 Å². The van der Waals surface area contributed by atoms with E-state index in [-0.39, 0.29) is 24.0 Å². The Morgan fingerprint density at radius 2 is 2.00 bits per heavy atom. The van der Waals surface area contributed by atoms with Gasteiger partial charge in [0.15, 0.2) is 5.69 Å². The maximum atomic E-state index is 12.8. The number of fused-ring (bicyclic) bond motifs is 1. The summed E-state index contributed by atoms with van der Waals surface area (Å²) in [7, 11) is 3.52. The zero-order valence-corrected chi connectivity index (χ0v) is 16.8. The maximum Gasteiger partial charge on any atom is 0.320 e. The SMILES string of the molecule is CC(C)[C@@H](C)NC(=O)c1nc([C@@H]2CCCN2C(=O)N(C)C)n2ccccc12. The van der Waals surface area contributed by atoms with E-state index in [4.69, 9.17) is 4.98 Å². The molecule has 146 valence electrons. The Morgan fingerprint density at radius 3 is 2.67 bits per heavy atom. The minimum Gasteiger partial charge on any atom is -0.348 e. The number of imidazole rings is 1. The van der Waals surface area contributed by atoms with E-state index >= 15 is 0 Å². The molecule has 1 N–H and O–H groups in total. The second-order valence-electron chi connectivity index (χ2n) is 7.81. The Bertz CT molecular complexity index is 842. The minimum absolute atomic E-state index is 0.0235. The molecule has 0 bridgehead atoms. The average molecular weight is 371 g/mol. The number of likely N-dealkylation sites (tertiary alicyclic amines) is 1. The fraction of sp³-hybridized carbons (Fsp3) is 0.550. The van der Waals surface area contributed by atoms with Crippen LogP contribution in [0.1, 0.15) is 56.0 Å². The quantitative estimate of drug-likeness (QED) is 0.898. The summed E-state index contributed by atoms with van der Waals surface area (Å²) in [5.74, 6) is 0.917. The normalized spacial score (nSPS) is 18.1. The summed E-state index contributed by atoms with van der Waals surface area (Å²) < 4.78 is 1.95. The van der Waals surface area contributed by atoms with Gasteiger partial charge in [-0.15, -0.1) is 0 Å². The van der Waals surface area contributed by atoms with Crippen molar-refractivity contribution >= 4 is 17.5 Å². The number of rotatable bonds is 4. The molecule has 1 saturated heterocycles.